The first kappa shape index (κ1) is 23.5. The molecule has 2 heterocycles. The molecule has 1 aromatic heterocycles. The van der Waals surface area contributed by atoms with E-state index in [1.807, 2.05) is 12.3 Å². The molecule has 1 unspecified atom stereocenters. The van der Waals surface area contributed by atoms with Crippen LogP contribution in [0.15, 0.2) is 29.6 Å². The number of thiophene rings is 1. The van der Waals surface area contributed by atoms with E-state index in [9.17, 15) is 9.59 Å². The Balaban J connectivity index is 1.92. The molecule has 0 bridgehead atoms. The Morgan fingerprint density at radius 3 is 2.42 bits per heavy atom. The Bertz CT molecular complexity index is 915. The number of nitrogens with one attached hydrogen (secondary N) is 1. The molecule has 1 amide bonds. The Kier molecular flexibility index (Phi) is 7.89. The Labute approximate surface area is 190 Å². The molecule has 1 saturated heterocycles. The highest BCUT2D eigenvalue weighted by molar-refractivity contribution is 7.12. The molecule has 0 radical (unpaired) electrons. The smallest absolute Gasteiger partial charge is 0.350 e. The van der Waals surface area contributed by atoms with E-state index >= 15 is 0 Å². The van der Waals surface area contributed by atoms with Crippen LogP contribution < -0.4 is 5.32 Å². The van der Waals surface area contributed by atoms with Gasteiger partial charge >= 0.3 is 5.97 Å². The molecule has 2 aromatic rings. The van der Waals surface area contributed by atoms with Gasteiger partial charge < -0.3 is 14.5 Å². The molecule has 1 N–H and O–H groups in total. The molecule has 6 heteroatoms. The molecule has 31 heavy (non-hydrogen) atoms. The topological polar surface area (TPSA) is 55.4 Å². The van der Waals surface area contributed by atoms with Crippen molar-refractivity contribution in [2.45, 2.75) is 65.5 Å². The highest BCUT2D eigenvalue weighted by Gasteiger charge is 2.42. The van der Waals surface area contributed by atoms with Crippen molar-refractivity contribution < 1.29 is 18.8 Å². The molecule has 5 nitrogen and oxygen atoms in total. The van der Waals surface area contributed by atoms with Gasteiger partial charge in [-0.2, -0.15) is 0 Å². The lowest BCUT2D eigenvalue weighted by atomic mass is 9.96. The number of hydrogen-bond donors (Lipinski definition) is 1. The minimum absolute atomic E-state index is 0.00466. The number of ether oxygens (including phenoxy) is 1. The normalized spacial score (nSPS) is 16.5. The monoisotopic (exact) mass is 443 g/mol. The van der Waals surface area contributed by atoms with Crippen molar-refractivity contribution in [2.75, 3.05) is 25.5 Å². The quantitative estimate of drug-likeness (QED) is 0.443. The largest absolute Gasteiger partial charge is 0.465 e. The maximum absolute atomic E-state index is 13.6. The van der Waals surface area contributed by atoms with Crippen LogP contribution in [-0.4, -0.2) is 42.6 Å². The molecule has 1 atom stereocenters. The lowest BCUT2D eigenvalue weighted by molar-refractivity contribution is -0.959. The van der Waals surface area contributed by atoms with Crippen LogP contribution in [0.25, 0.3) is 0 Å². The third-order valence-corrected chi connectivity index (χ3v) is 7.71. The molecule has 1 aliphatic rings. The van der Waals surface area contributed by atoms with Gasteiger partial charge in [-0.05, 0) is 49.1 Å². The number of aryl methyl sites for hydroxylation is 2. The van der Waals surface area contributed by atoms with Gasteiger partial charge in [0.05, 0.1) is 25.9 Å². The number of rotatable bonds is 8. The number of benzene rings is 1. The average Bonchev–Trinajstić information content (AvgIpc) is 3.14. The van der Waals surface area contributed by atoms with Gasteiger partial charge in [0.25, 0.3) is 5.91 Å². The van der Waals surface area contributed by atoms with E-state index in [1.54, 1.807) is 0 Å². The summed E-state index contributed by atoms with van der Waals surface area (Å²) >= 11 is 1.32. The van der Waals surface area contributed by atoms with Crippen LogP contribution in [0.1, 0.15) is 65.9 Å². The van der Waals surface area contributed by atoms with Gasteiger partial charge in [0, 0.05) is 12.0 Å². The van der Waals surface area contributed by atoms with Gasteiger partial charge in [-0.25, -0.2) is 4.79 Å². The molecule has 168 valence electrons. The van der Waals surface area contributed by atoms with Crippen LogP contribution in [0.3, 0.4) is 0 Å². The predicted octanol–water partition coefficient (Wildman–Crippen LogP) is 5.32. The number of esters is 1. The van der Waals surface area contributed by atoms with Crippen LogP contribution in [0.5, 0.6) is 0 Å². The second kappa shape index (κ2) is 10.4. The maximum Gasteiger partial charge on any atom is 0.350 e. The average molecular weight is 444 g/mol. The van der Waals surface area contributed by atoms with Crippen molar-refractivity contribution in [1.82, 2.24) is 0 Å². The first-order chi connectivity index (χ1) is 15.0. The van der Waals surface area contributed by atoms with Crippen LogP contribution in [0.4, 0.5) is 5.69 Å². The van der Waals surface area contributed by atoms with Crippen molar-refractivity contribution in [3.05, 3.63) is 51.2 Å². The molecular weight excluding hydrogens is 408 g/mol. The summed E-state index contributed by atoms with van der Waals surface area (Å²) in [6.07, 6.45) is 5.27. The predicted molar refractivity (Wildman–Crippen MR) is 126 cm³/mol. The number of nitrogens with zero attached hydrogens (tertiary/aromatic N) is 1. The fraction of sp³-hybridized carbons (Fsp3) is 0.520. The number of carbonyl (C=O) groups is 2. The van der Waals surface area contributed by atoms with Crippen molar-refractivity contribution in [3.63, 3.8) is 0 Å². The summed E-state index contributed by atoms with van der Waals surface area (Å²) in [5, 5.41) is 5.01. The zero-order valence-corrected chi connectivity index (χ0v) is 20.0. The SMILES string of the molecule is CCc1ccccc1C[N+]1(C(CC)C(=O)Nc2c(C)csc2C(=O)OC)CCCCC1. The first-order valence-corrected chi connectivity index (χ1v) is 12.2. The molecule has 0 aliphatic carbocycles. The Morgan fingerprint density at radius 1 is 1.13 bits per heavy atom. The second-order valence-corrected chi connectivity index (χ2v) is 9.41. The van der Waals surface area contributed by atoms with Gasteiger partial charge in [-0.1, -0.05) is 38.1 Å². The molecule has 1 fully saturated rings. The number of piperidine rings is 1. The van der Waals surface area contributed by atoms with Gasteiger partial charge in [-0.15, -0.1) is 11.3 Å². The number of hydrogen-bond acceptors (Lipinski definition) is 4. The number of quaternary nitrogens is 1. The summed E-state index contributed by atoms with van der Waals surface area (Å²) in [5.74, 6) is -0.398. The van der Waals surface area contributed by atoms with Crippen molar-refractivity contribution in [3.8, 4) is 0 Å². The zero-order valence-electron chi connectivity index (χ0n) is 19.2. The van der Waals surface area contributed by atoms with E-state index in [2.05, 4.69) is 43.4 Å². The van der Waals surface area contributed by atoms with E-state index in [0.717, 1.165) is 55.4 Å². The van der Waals surface area contributed by atoms with Crippen molar-refractivity contribution >= 4 is 28.9 Å². The van der Waals surface area contributed by atoms with E-state index in [-0.39, 0.29) is 11.9 Å². The van der Waals surface area contributed by atoms with Crippen molar-refractivity contribution in [1.29, 1.82) is 0 Å². The number of amides is 1. The van der Waals surface area contributed by atoms with Gasteiger partial charge in [0.15, 0.2) is 6.04 Å². The molecule has 1 aliphatic heterocycles. The summed E-state index contributed by atoms with van der Waals surface area (Å²) in [4.78, 5) is 26.3. The Morgan fingerprint density at radius 2 is 1.81 bits per heavy atom. The minimum atomic E-state index is -0.403. The van der Waals surface area contributed by atoms with Gasteiger partial charge in [-0.3, -0.25) is 4.79 Å². The summed E-state index contributed by atoms with van der Waals surface area (Å²) in [6.45, 7) is 9.11. The third-order valence-electron chi connectivity index (χ3n) is 6.64. The molecule has 0 saturated carbocycles. The zero-order chi connectivity index (χ0) is 22.4. The van der Waals surface area contributed by atoms with Crippen LogP contribution in [-0.2, 0) is 22.5 Å². The first-order valence-electron chi connectivity index (χ1n) is 11.4. The molecular formula is C25H35N2O3S+. The van der Waals surface area contributed by atoms with Crippen LogP contribution in [0, 0.1) is 6.92 Å². The minimum Gasteiger partial charge on any atom is -0.465 e. The summed E-state index contributed by atoms with van der Waals surface area (Å²) in [7, 11) is 1.37. The number of methoxy groups -OCH3 is 1. The fourth-order valence-corrected chi connectivity index (χ4v) is 5.91. The highest BCUT2D eigenvalue weighted by Crippen LogP contribution is 2.32. The maximum atomic E-state index is 13.6. The van der Waals surface area contributed by atoms with E-state index in [0.29, 0.717) is 10.6 Å². The van der Waals surface area contributed by atoms with Crippen LogP contribution >= 0.6 is 11.3 Å². The summed E-state index contributed by atoms with van der Waals surface area (Å²) < 4.78 is 5.70. The van der Waals surface area contributed by atoms with E-state index in [1.165, 1.54) is 36.0 Å². The molecule has 3 rings (SSSR count). The van der Waals surface area contributed by atoms with Gasteiger partial charge in [0.2, 0.25) is 0 Å². The fourth-order valence-electron chi connectivity index (χ4n) is 4.99. The van der Waals surface area contributed by atoms with E-state index in [4.69, 9.17) is 4.74 Å². The van der Waals surface area contributed by atoms with Crippen LogP contribution in [0.2, 0.25) is 0 Å². The highest BCUT2D eigenvalue weighted by atomic mass is 32.1. The van der Waals surface area contributed by atoms with Crippen molar-refractivity contribution in [2.24, 2.45) is 0 Å². The number of anilines is 1. The summed E-state index contributed by atoms with van der Waals surface area (Å²) in [5.41, 5.74) is 4.21. The standard InChI is InChI=1S/C25H34N2O3S/c1-5-19-12-8-9-13-20(19)16-27(14-10-7-11-15-27)21(6-2)24(28)26-22-18(3)17-31-23(22)25(29)30-4/h8-9,12-13,17,21H,5-7,10-11,14-16H2,1-4H3/p+1. The summed E-state index contributed by atoms with van der Waals surface area (Å²) in [6, 6.07) is 8.47. The molecule has 0 spiro atoms. The lowest BCUT2D eigenvalue weighted by Gasteiger charge is -2.46. The number of likely N-dealkylation sites (tertiary alicyclic amines) is 1. The lowest BCUT2D eigenvalue weighted by Crippen LogP contribution is -2.61. The number of carbonyl (C=O) groups excluding carboxylic acids is 2. The third kappa shape index (κ3) is 5.01. The molecule has 1 aromatic carbocycles. The second-order valence-electron chi connectivity index (χ2n) is 8.53. The van der Waals surface area contributed by atoms with Gasteiger partial charge in [0.1, 0.15) is 11.4 Å². The Hall–Kier alpha value is -2.18. The van der Waals surface area contributed by atoms with E-state index < -0.39 is 5.97 Å².